The van der Waals surface area contributed by atoms with Crippen molar-refractivity contribution in [3.8, 4) is 0 Å². The summed E-state index contributed by atoms with van der Waals surface area (Å²) < 4.78 is 0. The molecule has 1 aliphatic heterocycles. The zero-order valence-electron chi connectivity index (χ0n) is 16.2. The molecule has 0 aromatic heterocycles. The second-order valence-corrected chi connectivity index (χ2v) is 7.69. The predicted octanol–water partition coefficient (Wildman–Crippen LogP) is 2.80. The van der Waals surface area contributed by atoms with Gasteiger partial charge in [0.1, 0.15) is 0 Å². The molecular weight excluding hydrogens is 342 g/mol. The minimum absolute atomic E-state index is 0.0719. The van der Waals surface area contributed by atoms with Crippen LogP contribution in [-0.2, 0) is 9.59 Å². The minimum atomic E-state index is -0.176. The van der Waals surface area contributed by atoms with Crippen LogP contribution in [0, 0.1) is 11.8 Å². The number of hydrogen-bond acceptors (Lipinski definition) is 3. The van der Waals surface area contributed by atoms with Crippen LogP contribution in [0.25, 0.3) is 0 Å². The Hall–Kier alpha value is -2.37. The third-order valence-corrected chi connectivity index (χ3v) is 5.52. The molecule has 1 aromatic rings. The number of para-hydroxylation sites is 1. The maximum Gasteiger partial charge on any atom is 0.253 e. The molecule has 0 bridgehead atoms. The number of carbonyl (C=O) groups excluding carboxylic acids is 3. The molecule has 1 heterocycles. The van der Waals surface area contributed by atoms with Crippen LogP contribution in [0.5, 0.6) is 0 Å². The second-order valence-electron chi connectivity index (χ2n) is 7.69. The zero-order chi connectivity index (χ0) is 19.4. The van der Waals surface area contributed by atoms with E-state index in [9.17, 15) is 14.4 Å². The quantitative estimate of drug-likeness (QED) is 0.807. The average Bonchev–Trinajstić information content (AvgIpc) is 3.53. The molecule has 2 fully saturated rings. The van der Waals surface area contributed by atoms with E-state index in [1.807, 2.05) is 24.8 Å². The first-order chi connectivity index (χ1) is 13.0. The average molecular weight is 371 g/mol. The summed E-state index contributed by atoms with van der Waals surface area (Å²) in [6.07, 6.45) is 4.21. The molecule has 0 radical (unpaired) electrons. The van der Waals surface area contributed by atoms with E-state index in [1.165, 1.54) is 0 Å². The van der Waals surface area contributed by atoms with Crippen molar-refractivity contribution in [2.24, 2.45) is 11.8 Å². The molecular formula is C21H29N3O3. The number of hydrogen-bond donors (Lipinski definition) is 2. The Kier molecular flexibility index (Phi) is 6.14. The van der Waals surface area contributed by atoms with Gasteiger partial charge in [-0.15, -0.1) is 0 Å². The second kappa shape index (κ2) is 8.55. The van der Waals surface area contributed by atoms with Gasteiger partial charge in [-0.3, -0.25) is 14.4 Å². The fraction of sp³-hybridized carbons (Fsp3) is 0.571. The molecule has 2 N–H and O–H groups in total. The zero-order valence-corrected chi connectivity index (χ0v) is 16.2. The van der Waals surface area contributed by atoms with Gasteiger partial charge in [0.25, 0.3) is 5.91 Å². The van der Waals surface area contributed by atoms with E-state index in [2.05, 4.69) is 10.6 Å². The van der Waals surface area contributed by atoms with Crippen molar-refractivity contribution in [2.45, 2.75) is 52.0 Å². The lowest BCUT2D eigenvalue weighted by Gasteiger charge is -2.31. The number of anilines is 1. The summed E-state index contributed by atoms with van der Waals surface area (Å²) in [6.45, 7) is 5.25. The van der Waals surface area contributed by atoms with Crippen LogP contribution >= 0.6 is 0 Å². The first kappa shape index (κ1) is 19.4. The molecule has 1 aliphatic carbocycles. The summed E-state index contributed by atoms with van der Waals surface area (Å²) in [4.78, 5) is 39.2. The van der Waals surface area contributed by atoms with Crippen LogP contribution in [0.3, 0.4) is 0 Å². The highest BCUT2D eigenvalue weighted by Crippen LogP contribution is 2.32. The maximum atomic E-state index is 12.7. The smallest absolute Gasteiger partial charge is 0.253 e. The van der Waals surface area contributed by atoms with E-state index in [-0.39, 0.29) is 35.6 Å². The molecule has 3 rings (SSSR count). The maximum absolute atomic E-state index is 12.7. The van der Waals surface area contributed by atoms with Gasteiger partial charge in [-0.1, -0.05) is 19.1 Å². The first-order valence-electron chi connectivity index (χ1n) is 9.99. The molecule has 0 unspecified atom stereocenters. The van der Waals surface area contributed by atoms with Gasteiger partial charge in [0.15, 0.2) is 0 Å². The fourth-order valence-electron chi connectivity index (χ4n) is 3.38. The van der Waals surface area contributed by atoms with Crippen LogP contribution in [0.1, 0.15) is 56.3 Å². The first-order valence-corrected chi connectivity index (χ1v) is 9.99. The van der Waals surface area contributed by atoms with Crippen molar-refractivity contribution in [3.63, 3.8) is 0 Å². The topological polar surface area (TPSA) is 78.5 Å². The number of nitrogens with zero attached hydrogens (tertiary/aromatic N) is 1. The SMILES string of the molecule is CC[C@@H](C)NC(=O)c1ccccc1NC(=O)C1CCN(C(=O)C2CC2)CC1. The van der Waals surface area contributed by atoms with Crippen molar-refractivity contribution in [1.82, 2.24) is 10.2 Å². The number of piperidine rings is 1. The van der Waals surface area contributed by atoms with Crippen molar-refractivity contribution in [3.05, 3.63) is 29.8 Å². The van der Waals surface area contributed by atoms with Crippen molar-refractivity contribution < 1.29 is 14.4 Å². The normalized spacial score (nSPS) is 18.7. The van der Waals surface area contributed by atoms with Crippen molar-refractivity contribution in [2.75, 3.05) is 18.4 Å². The Balaban J connectivity index is 1.58. The molecule has 0 spiro atoms. The van der Waals surface area contributed by atoms with E-state index >= 15 is 0 Å². The standard InChI is InChI=1S/C21H29N3O3/c1-3-14(2)22-20(26)17-6-4-5-7-18(17)23-19(25)15-10-12-24(13-11-15)21(27)16-8-9-16/h4-7,14-16H,3,8-13H2,1-2H3,(H,22,26)(H,23,25)/t14-/m1/s1. The number of benzene rings is 1. The lowest BCUT2D eigenvalue weighted by Crippen LogP contribution is -2.42. The van der Waals surface area contributed by atoms with Gasteiger partial charge >= 0.3 is 0 Å². The molecule has 1 saturated heterocycles. The highest BCUT2D eigenvalue weighted by Gasteiger charge is 2.36. The predicted molar refractivity (Wildman–Crippen MR) is 104 cm³/mol. The largest absolute Gasteiger partial charge is 0.350 e. The van der Waals surface area contributed by atoms with Gasteiger partial charge in [0, 0.05) is 31.0 Å². The lowest BCUT2D eigenvalue weighted by atomic mass is 9.95. The summed E-state index contributed by atoms with van der Waals surface area (Å²) in [5.74, 6) is 0.105. The Bertz CT molecular complexity index is 706. The van der Waals surface area contributed by atoms with Gasteiger partial charge in [0.2, 0.25) is 11.8 Å². The van der Waals surface area contributed by atoms with Crippen molar-refractivity contribution >= 4 is 23.4 Å². The Labute approximate surface area is 160 Å². The third-order valence-electron chi connectivity index (χ3n) is 5.52. The summed E-state index contributed by atoms with van der Waals surface area (Å²) in [6, 6.07) is 7.17. The van der Waals surface area contributed by atoms with E-state index in [0.29, 0.717) is 37.2 Å². The fourth-order valence-corrected chi connectivity index (χ4v) is 3.38. The summed E-state index contributed by atoms with van der Waals surface area (Å²) in [5.41, 5.74) is 1.02. The Morgan fingerprint density at radius 1 is 1.07 bits per heavy atom. The Morgan fingerprint density at radius 2 is 1.74 bits per heavy atom. The van der Waals surface area contributed by atoms with E-state index in [0.717, 1.165) is 19.3 Å². The van der Waals surface area contributed by atoms with Crippen LogP contribution in [0.2, 0.25) is 0 Å². The molecule has 1 atom stereocenters. The molecule has 3 amide bonds. The van der Waals surface area contributed by atoms with Gasteiger partial charge in [-0.2, -0.15) is 0 Å². The highest BCUT2D eigenvalue weighted by molar-refractivity contribution is 6.04. The van der Waals surface area contributed by atoms with Crippen molar-refractivity contribution in [1.29, 1.82) is 0 Å². The monoisotopic (exact) mass is 371 g/mol. The van der Waals surface area contributed by atoms with Crippen LogP contribution in [0.15, 0.2) is 24.3 Å². The summed E-state index contributed by atoms with van der Waals surface area (Å²) >= 11 is 0. The summed E-state index contributed by atoms with van der Waals surface area (Å²) in [5, 5.41) is 5.87. The number of nitrogens with one attached hydrogen (secondary N) is 2. The van der Waals surface area contributed by atoms with Gasteiger partial charge in [-0.05, 0) is 51.2 Å². The number of likely N-dealkylation sites (tertiary alicyclic amines) is 1. The summed E-state index contributed by atoms with van der Waals surface area (Å²) in [7, 11) is 0. The molecule has 1 saturated carbocycles. The van der Waals surface area contributed by atoms with E-state index in [1.54, 1.807) is 18.2 Å². The number of carbonyl (C=O) groups is 3. The van der Waals surface area contributed by atoms with Crippen LogP contribution in [-0.4, -0.2) is 41.8 Å². The molecule has 1 aromatic carbocycles. The van der Waals surface area contributed by atoms with E-state index in [4.69, 9.17) is 0 Å². The van der Waals surface area contributed by atoms with Crippen LogP contribution < -0.4 is 10.6 Å². The third kappa shape index (κ3) is 4.87. The molecule has 2 aliphatic rings. The molecule has 6 heteroatoms. The van der Waals surface area contributed by atoms with Crippen LogP contribution in [0.4, 0.5) is 5.69 Å². The van der Waals surface area contributed by atoms with Gasteiger partial charge in [-0.25, -0.2) is 0 Å². The van der Waals surface area contributed by atoms with E-state index < -0.39 is 0 Å². The molecule has 6 nitrogen and oxygen atoms in total. The minimum Gasteiger partial charge on any atom is -0.350 e. The number of rotatable bonds is 6. The number of amides is 3. The van der Waals surface area contributed by atoms with Gasteiger partial charge in [0.05, 0.1) is 11.3 Å². The molecule has 146 valence electrons. The van der Waals surface area contributed by atoms with Gasteiger partial charge < -0.3 is 15.5 Å². The Morgan fingerprint density at radius 3 is 2.37 bits per heavy atom. The molecule has 27 heavy (non-hydrogen) atoms. The lowest BCUT2D eigenvalue weighted by molar-refractivity contribution is -0.135. The highest BCUT2D eigenvalue weighted by atomic mass is 16.2.